The second-order valence-electron chi connectivity index (χ2n) is 5.94. The topological polar surface area (TPSA) is 102 Å². The molecule has 2 N–H and O–H groups in total. The van der Waals surface area contributed by atoms with E-state index in [-0.39, 0.29) is 23.8 Å². The fourth-order valence-electron chi connectivity index (χ4n) is 2.26. The van der Waals surface area contributed by atoms with Crippen LogP contribution in [0.5, 0.6) is 5.75 Å². The maximum Gasteiger partial charge on any atom is 0.341 e. The van der Waals surface area contributed by atoms with Gasteiger partial charge in [0, 0.05) is 24.2 Å². The van der Waals surface area contributed by atoms with Crippen molar-refractivity contribution in [3.63, 3.8) is 0 Å². The fourth-order valence-corrected chi connectivity index (χ4v) is 3.48. The molecule has 2 aromatic rings. The van der Waals surface area contributed by atoms with E-state index in [1.165, 1.54) is 25.3 Å². The van der Waals surface area contributed by atoms with E-state index in [0.717, 1.165) is 5.56 Å². The van der Waals surface area contributed by atoms with E-state index in [0.29, 0.717) is 16.1 Å². The lowest BCUT2D eigenvalue weighted by atomic mass is 10.1. The number of nitrogens with one attached hydrogen (secondary N) is 1. The predicted molar refractivity (Wildman–Crippen MR) is 109 cm³/mol. The maximum absolute atomic E-state index is 12.4. The summed E-state index contributed by atoms with van der Waals surface area (Å²) in [7, 11) is -2.21. The van der Waals surface area contributed by atoms with E-state index in [9.17, 15) is 13.2 Å². The van der Waals surface area contributed by atoms with Crippen LogP contribution in [-0.2, 0) is 19.6 Å². The molecule has 154 valence electrons. The summed E-state index contributed by atoms with van der Waals surface area (Å²) in [5.74, 6) is 4.94. The van der Waals surface area contributed by atoms with E-state index in [4.69, 9.17) is 26.2 Å². The van der Waals surface area contributed by atoms with Gasteiger partial charge in [-0.1, -0.05) is 29.5 Å². The van der Waals surface area contributed by atoms with E-state index in [2.05, 4.69) is 16.6 Å². The van der Waals surface area contributed by atoms with Crippen LogP contribution >= 0.6 is 11.6 Å². The van der Waals surface area contributed by atoms with Gasteiger partial charge in [-0.05, 0) is 42.8 Å². The highest BCUT2D eigenvalue weighted by Gasteiger charge is 2.14. The van der Waals surface area contributed by atoms with Crippen LogP contribution in [0.3, 0.4) is 0 Å². The summed E-state index contributed by atoms with van der Waals surface area (Å²) >= 11 is 6.00. The number of carboxylic acid groups (broad SMARTS) is 1. The maximum atomic E-state index is 12.4. The minimum absolute atomic E-state index is 0.0805. The van der Waals surface area contributed by atoms with Crippen LogP contribution in [0.25, 0.3) is 0 Å². The standard InChI is InChI=1S/C20H20ClNO6S/c1-14-3-7-18(29(25,26)22-9-10-27-2)12-15(14)4-5-16-11-17(21)6-8-19(16)28-13-20(23)24/h3,6-8,11-12,22H,9-10,13H2,1-2H3,(H,23,24). The van der Waals surface area contributed by atoms with Gasteiger partial charge in [-0.25, -0.2) is 17.9 Å². The van der Waals surface area contributed by atoms with Gasteiger partial charge in [-0.3, -0.25) is 0 Å². The zero-order valence-electron chi connectivity index (χ0n) is 15.9. The summed E-state index contributed by atoms with van der Waals surface area (Å²) in [4.78, 5) is 10.8. The molecule has 0 unspecified atom stereocenters. The zero-order valence-corrected chi connectivity index (χ0v) is 17.4. The first-order chi connectivity index (χ1) is 13.7. The number of methoxy groups -OCH3 is 1. The molecule has 0 aliphatic heterocycles. The molecule has 2 aromatic carbocycles. The van der Waals surface area contributed by atoms with Crippen molar-refractivity contribution in [1.82, 2.24) is 4.72 Å². The van der Waals surface area contributed by atoms with Gasteiger partial charge >= 0.3 is 5.97 Å². The molecular formula is C20H20ClNO6S. The molecule has 9 heteroatoms. The van der Waals surface area contributed by atoms with Crippen molar-refractivity contribution >= 4 is 27.6 Å². The van der Waals surface area contributed by atoms with Gasteiger partial charge in [0.1, 0.15) is 5.75 Å². The van der Waals surface area contributed by atoms with Crippen LogP contribution < -0.4 is 9.46 Å². The molecule has 0 radical (unpaired) electrons. The van der Waals surface area contributed by atoms with Crippen LogP contribution in [0.4, 0.5) is 0 Å². The molecule has 0 amide bonds. The van der Waals surface area contributed by atoms with Crippen molar-refractivity contribution in [1.29, 1.82) is 0 Å². The molecule has 7 nitrogen and oxygen atoms in total. The van der Waals surface area contributed by atoms with Crippen molar-refractivity contribution in [3.05, 3.63) is 58.1 Å². The van der Waals surface area contributed by atoms with E-state index < -0.39 is 22.6 Å². The van der Waals surface area contributed by atoms with Gasteiger partial charge in [0.25, 0.3) is 0 Å². The molecule has 0 saturated carbocycles. The van der Waals surface area contributed by atoms with Gasteiger partial charge in [0.05, 0.1) is 17.1 Å². The van der Waals surface area contributed by atoms with Crippen molar-refractivity contribution in [2.45, 2.75) is 11.8 Å². The number of halogens is 1. The minimum Gasteiger partial charge on any atom is -0.481 e. The lowest BCUT2D eigenvalue weighted by Gasteiger charge is -2.08. The monoisotopic (exact) mass is 437 g/mol. The molecule has 0 aliphatic rings. The predicted octanol–water partition coefficient (Wildman–Crippen LogP) is 2.44. The number of ether oxygens (including phenoxy) is 2. The SMILES string of the molecule is COCCNS(=O)(=O)c1ccc(C)c(C#Cc2cc(Cl)ccc2OCC(=O)O)c1. The normalized spacial score (nSPS) is 10.9. The third-order valence-electron chi connectivity index (χ3n) is 3.74. The summed E-state index contributed by atoms with van der Waals surface area (Å²) in [6, 6.07) is 9.27. The second kappa shape index (κ2) is 10.3. The van der Waals surface area contributed by atoms with Crippen molar-refractivity contribution in [3.8, 4) is 17.6 Å². The molecule has 0 bridgehead atoms. The number of benzene rings is 2. The van der Waals surface area contributed by atoms with Crippen LogP contribution in [0.15, 0.2) is 41.3 Å². The minimum atomic E-state index is -3.70. The molecule has 0 fully saturated rings. The highest BCUT2D eigenvalue weighted by molar-refractivity contribution is 7.89. The van der Waals surface area contributed by atoms with Crippen molar-refractivity contribution in [2.75, 3.05) is 26.9 Å². The first kappa shape index (κ1) is 22.7. The number of hydrogen-bond donors (Lipinski definition) is 2. The number of sulfonamides is 1. The smallest absolute Gasteiger partial charge is 0.341 e. The van der Waals surface area contributed by atoms with Crippen LogP contribution in [0, 0.1) is 18.8 Å². The lowest BCUT2D eigenvalue weighted by Crippen LogP contribution is -2.27. The average Bonchev–Trinajstić information content (AvgIpc) is 2.66. The summed E-state index contributed by atoms with van der Waals surface area (Å²) in [6.45, 7) is 1.70. The summed E-state index contributed by atoms with van der Waals surface area (Å²) in [5, 5.41) is 9.20. The Morgan fingerprint density at radius 1 is 1.17 bits per heavy atom. The van der Waals surface area contributed by atoms with E-state index >= 15 is 0 Å². The van der Waals surface area contributed by atoms with Gasteiger partial charge in [-0.15, -0.1) is 0 Å². The molecule has 0 spiro atoms. The highest BCUT2D eigenvalue weighted by atomic mass is 35.5. The molecule has 0 aliphatic carbocycles. The molecular weight excluding hydrogens is 418 g/mol. The average molecular weight is 438 g/mol. The highest BCUT2D eigenvalue weighted by Crippen LogP contribution is 2.23. The number of aliphatic carboxylic acids is 1. The van der Waals surface area contributed by atoms with Crippen LogP contribution in [-0.4, -0.2) is 46.4 Å². The van der Waals surface area contributed by atoms with Gasteiger partial charge < -0.3 is 14.6 Å². The summed E-state index contributed by atoms with van der Waals surface area (Å²) in [6.07, 6.45) is 0. The Morgan fingerprint density at radius 3 is 2.59 bits per heavy atom. The van der Waals surface area contributed by atoms with Crippen LogP contribution in [0.1, 0.15) is 16.7 Å². The van der Waals surface area contributed by atoms with E-state index in [1.807, 2.05) is 0 Å². The van der Waals surface area contributed by atoms with E-state index in [1.54, 1.807) is 25.1 Å². The molecule has 0 heterocycles. The number of carbonyl (C=O) groups is 1. The first-order valence-corrected chi connectivity index (χ1v) is 10.3. The lowest BCUT2D eigenvalue weighted by molar-refractivity contribution is -0.139. The quantitative estimate of drug-likeness (QED) is 0.486. The molecule has 0 saturated heterocycles. The van der Waals surface area contributed by atoms with Crippen molar-refractivity contribution < 1.29 is 27.8 Å². The number of aryl methyl sites for hydroxylation is 1. The van der Waals surface area contributed by atoms with Gasteiger partial charge in [-0.2, -0.15) is 0 Å². The molecule has 2 rings (SSSR count). The summed E-state index contributed by atoms with van der Waals surface area (Å²) < 4.78 is 37.3. The summed E-state index contributed by atoms with van der Waals surface area (Å²) in [5.41, 5.74) is 1.68. The molecule has 0 atom stereocenters. The number of rotatable bonds is 8. The third kappa shape index (κ3) is 6.76. The van der Waals surface area contributed by atoms with Gasteiger partial charge in [0.2, 0.25) is 10.0 Å². The number of hydrogen-bond acceptors (Lipinski definition) is 5. The Labute approximate surface area is 174 Å². The molecule has 29 heavy (non-hydrogen) atoms. The third-order valence-corrected chi connectivity index (χ3v) is 5.44. The van der Waals surface area contributed by atoms with Crippen LogP contribution in [0.2, 0.25) is 5.02 Å². The van der Waals surface area contributed by atoms with Gasteiger partial charge in [0.15, 0.2) is 6.61 Å². The Balaban J connectivity index is 2.36. The second-order valence-corrected chi connectivity index (χ2v) is 8.14. The Bertz CT molecular complexity index is 1060. The molecule has 0 aromatic heterocycles. The fraction of sp³-hybridized carbons (Fsp3) is 0.250. The van der Waals surface area contributed by atoms with Crippen molar-refractivity contribution in [2.24, 2.45) is 0 Å². The Hall–Kier alpha value is -2.57. The first-order valence-electron chi connectivity index (χ1n) is 8.48. The largest absolute Gasteiger partial charge is 0.481 e. The Kier molecular flexibility index (Phi) is 8.05. The Morgan fingerprint density at radius 2 is 1.90 bits per heavy atom. The zero-order chi connectivity index (χ0) is 21.4. The number of carboxylic acids is 1.